The summed E-state index contributed by atoms with van der Waals surface area (Å²) in [5, 5.41) is 6.86. The molecule has 0 N–H and O–H groups in total. The number of fused-ring (bicyclic) bond motifs is 13. The lowest BCUT2D eigenvalue weighted by Crippen LogP contribution is -2.28. The van der Waals surface area contributed by atoms with Crippen LogP contribution in [0.25, 0.3) is 177 Å². The molecule has 2 aliphatic rings. The smallest absolute Gasteiger partial charge is 0.164 e. The minimum atomic E-state index is -0.512. The maximum Gasteiger partial charge on any atom is 0.164 e. The van der Waals surface area contributed by atoms with Crippen molar-refractivity contribution in [2.45, 2.75) is 10.8 Å². The molecule has 0 atom stereocenters. The van der Waals surface area contributed by atoms with Crippen molar-refractivity contribution in [2.75, 3.05) is 0 Å². The van der Waals surface area contributed by atoms with Crippen LogP contribution in [0.2, 0.25) is 0 Å². The van der Waals surface area contributed by atoms with Crippen LogP contribution in [0, 0.1) is 0 Å². The van der Waals surface area contributed by atoms with Crippen LogP contribution >= 0.6 is 11.3 Å². The molecule has 24 rings (SSSR count). The van der Waals surface area contributed by atoms with E-state index in [1.165, 1.54) is 92.5 Å². The quantitative estimate of drug-likeness (QED) is 0.114. The average Bonchev–Trinajstić information content (AvgIpc) is 1.55. The highest BCUT2D eigenvalue weighted by atomic mass is 32.1. The monoisotopic (exact) mass is 1570 g/mol. The first-order valence-electron chi connectivity index (χ1n) is 41.4. The molecule has 0 saturated carbocycles. The molecule has 2 aliphatic carbocycles. The van der Waals surface area contributed by atoms with Gasteiger partial charge in [0.15, 0.2) is 34.9 Å². The van der Waals surface area contributed by atoms with Gasteiger partial charge in [-0.05, 0) is 153 Å². The first-order chi connectivity index (χ1) is 60.4. The van der Waals surface area contributed by atoms with E-state index in [1.807, 2.05) is 90.2 Å². The van der Waals surface area contributed by atoms with Crippen LogP contribution < -0.4 is 0 Å². The van der Waals surface area contributed by atoms with Crippen LogP contribution in [0.3, 0.4) is 0 Å². The second kappa shape index (κ2) is 29.7. The lowest BCUT2D eigenvalue weighted by molar-refractivity contribution is 0.665. The molecule has 0 unspecified atom stereocenters. The van der Waals surface area contributed by atoms with Crippen molar-refractivity contribution < 1.29 is 4.42 Å². The molecule has 0 fully saturated rings. The second-order valence-corrected chi connectivity index (χ2v) is 32.5. The number of aromatic nitrogens is 6. The van der Waals surface area contributed by atoms with E-state index < -0.39 is 10.8 Å². The molecule has 0 aliphatic heterocycles. The summed E-state index contributed by atoms with van der Waals surface area (Å²) in [7, 11) is 0. The van der Waals surface area contributed by atoms with E-state index in [9.17, 15) is 0 Å². The predicted octanol–water partition coefficient (Wildman–Crippen LogP) is 28.9. The average molecular weight is 1570 g/mol. The fourth-order valence-corrected chi connectivity index (χ4v) is 20.3. The zero-order valence-corrected chi connectivity index (χ0v) is 66.9. The minimum absolute atomic E-state index is 0.424. The minimum Gasteiger partial charge on any atom is -0.456 e. The van der Waals surface area contributed by atoms with Gasteiger partial charge in [0.1, 0.15) is 11.2 Å². The van der Waals surface area contributed by atoms with E-state index in [-0.39, 0.29) is 0 Å². The number of hydrogen-bond donors (Lipinski definition) is 0. The molecular formula is C114H72N6OS. The van der Waals surface area contributed by atoms with Crippen molar-refractivity contribution in [2.24, 2.45) is 0 Å². The van der Waals surface area contributed by atoms with Crippen molar-refractivity contribution in [3.05, 3.63) is 481 Å². The van der Waals surface area contributed by atoms with Crippen LogP contribution in [0.5, 0.6) is 0 Å². The second-order valence-electron chi connectivity index (χ2n) is 31.4. The molecule has 122 heavy (non-hydrogen) atoms. The lowest BCUT2D eigenvalue weighted by atomic mass is 9.67. The molecule has 0 saturated heterocycles. The summed E-state index contributed by atoms with van der Waals surface area (Å²) in [5.41, 5.74) is 28.5. The zero-order chi connectivity index (χ0) is 80.7. The molecule has 18 aromatic carbocycles. The number of thiophene rings is 1. The number of hydrogen-bond acceptors (Lipinski definition) is 8. The van der Waals surface area contributed by atoms with Crippen molar-refractivity contribution >= 4 is 64.2 Å². The van der Waals surface area contributed by atoms with E-state index in [0.29, 0.717) is 34.9 Å². The highest BCUT2D eigenvalue weighted by molar-refractivity contribution is 7.25. The molecule has 0 amide bonds. The topological polar surface area (TPSA) is 90.5 Å². The highest BCUT2D eigenvalue weighted by Crippen LogP contribution is 2.59. The van der Waals surface area contributed by atoms with Gasteiger partial charge in [0, 0.05) is 64.3 Å². The Kier molecular flexibility index (Phi) is 17.4. The van der Waals surface area contributed by atoms with Gasteiger partial charge in [0.2, 0.25) is 0 Å². The Morgan fingerprint density at radius 1 is 0.172 bits per heavy atom. The van der Waals surface area contributed by atoms with Crippen LogP contribution in [0.4, 0.5) is 0 Å². The number of furan rings is 1. The molecule has 4 heterocycles. The van der Waals surface area contributed by atoms with Crippen molar-refractivity contribution in [3.8, 4) is 124 Å². The Hall–Kier alpha value is -15.7. The first kappa shape index (κ1) is 71.6. The summed E-state index contributed by atoms with van der Waals surface area (Å²) in [6.07, 6.45) is 0. The molecule has 22 aromatic rings. The highest BCUT2D eigenvalue weighted by Gasteiger charge is 2.48. The Labute approximate surface area is 709 Å². The molecule has 0 bridgehead atoms. The molecule has 570 valence electrons. The number of rotatable bonds is 13. The molecule has 0 radical (unpaired) electrons. The first-order valence-corrected chi connectivity index (χ1v) is 42.2. The van der Waals surface area contributed by atoms with Gasteiger partial charge in [-0.2, -0.15) is 0 Å². The van der Waals surface area contributed by atoms with Gasteiger partial charge in [0.05, 0.1) is 10.8 Å². The molecule has 0 spiro atoms. The Morgan fingerprint density at radius 2 is 0.508 bits per heavy atom. The van der Waals surface area contributed by atoms with Gasteiger partial charge >= 0.3 is 0 Å². The Morgan fingerprint density at radius 3 is 1.03 bits per heavy atom. The standard InChI is InChI=1S/C58H37N3O.C56H35N3S/c1-4-15-38(16-5-1)40-27-29-41(30-28-40)55-59-56(43-20-14-19-42(35-43)39-17-6-2-7-18-39)61-57(60-55)44-31-34-53-50(36-44)49-33-32-46(37-54(49)62-53)58(45-21-8-3-9-22-45)51-25-12-10-23-47(51)48-24-11-13-26-52(48)58;1-4-16-36(17-5-1)53-57-54(37-18-6-2-7-19-37)59-55(58-53)48-27-15-25-42-41(24-14-26-43(42)48)38-30-32-46-47-33-31-40(35-52(47)60-51(46)34-38)56(39-20-8-3-9-21-39)49-28-12-10-22-44(49)45-23-11-13-29-50(45)56/h1-37H;1-35H. The van der Waals surface area contributed by atoms with Gasteiger partial charge in [-0.1, -0.05) is 394 Å². The number of nitrogens with zero attached hydrogens (tertiary/aromatic N) is 6. The third kappa shape index (κ3) is 12.0. The van der Waals surface area contributed by atoms with Crippen molar-refractivity contribution in [1.82, 2.24) is 29.9 Å². The molecule has 8 heteroatoms. The zero-order valence-electron chi connectivity index (χ0n) is 66.1. The predicted molar refractivity (Wildman–Crippen MR) is 501 cm³/mol. The van der Waals surface area contributed by atoms with Gasteiger partial charge in [0.25, 0.3) is 0 Å². The summed E-state index contributed by atoms with van der Waals surface area (Å²) >= 11 is 1.88. The van der Waals surface area contributed by atoms with Crippen LogP contribution in [-0.2, 0) is 10.8 Å². The van der Waals surface area contributed by atoms with Gasteiger partial charge in [-0.15, -0.1) is 11.3 Å². The summed E-state index contributed by atoms with van der Waals surface area (Å²) in [5.74, 6) is 3.78. The molecule has 4 aromatic heterocycles. The maximum absolute atomic E-state index is 6.74. The van der Waals surface area contributed by atoms with E-state index in [4.69, 9.17) is 34.3 Å². The normalized spacial score (nSPS) is 12.7. The fourth-order valence-electron chi connectivity index (χ4n) is 19.1. The van der Waals surface area contributed by atoms with E-state index in [1.54, 1.807) is 0 Å². The van der Waals surface area contributed by atoms with Crippen LogP contribution in [0.15, 0.2) is 441 Å². The molecule has 7 nitrogen and oxygen atoms in total. The summed E-state index contributed by atoms with van der Waals surface area (Å²) < 4.78 is 9.29. The fraction of sp³-hybridized carbons (Fsp3) is 0.0175. The molecular weight excluding hydrogens is 1500 g/mol. The third-order valence-corrected chi connectivity index (χ3v) is 25.8. The van der Waals surface area contributed by atoms with Gasteiger partial charge in [-0.3, -0.25) is 0 Å². The lowest BCUT2D eigenvalue weighted by Gasteiger charge is -2.33. The summed E-state index contributed by atoms with van der Waals surface area (Å²) in [6, 6.07) is 156. The van der Waals surface area contributed by atoms with Gasteiger partial charge in [-0.25, -0.2) is 29.9 Å². The van der Waals surface area contributed by atoms with Crippen molar-refractivity contribution in [1.29, 1.82) is 0 Å². The van der Waals surface area contributed by atoms with Crippen LogP contribution in [0.1, 0.15) is 44.5 Å². The largest absolute Gasteiger partial charge is 0.456 e. The summed E-state index contributed by atoms with van der Waals surface area (Å²) in [4.78, 5) is 30.5. The van der Waals surface area contributed by atoms with E-state index in [0.717, 1.165) is 93.9 Å². The third-order valence-electron chi connectivity index (χ3n) is 24.7. The van der Waals surface area contributed by atoms with Crippen LogP contribution in [-0.4, -0.2) is 29.9 Å². The van der Waals surface area contributed by atoms with Gasteiger partial charge < -0.3 is 4.42 Å². The van der Waals surface area contributed by atoms with E-state index >= 15 is 0 Å². The number of benzene rings is 18. The SMILES string of the molecule is c1ccc(-c2ccc(-c3nc(-c4cccc(-c5ccccc5)c4)nc(-c4ccc5oc6cc(C7(c8ccccc8)c8ccccc8-c8ccccc87)ccc6c5c4)n3)cc2)cc1.c1ccc(-c2nc(-c3ccccc3)nc(-c3cccc4c(-c5ccc6c(c5)sc5cc(C7(c8ccccc8)c8ccccc8-c8ccccc87)ccc56)cccc34)n2)cc1. The maximum atomic E-state index is 6.74. The summed E-state index contributed by atoms with van der Waals surface area (Å²) in [6.45, 7) is 0. The van der Waals surface area contributed by atoms with E-state index in [2.05, 4.69) is 358 Å². The Balaban J connectivity index is 0.000000142. The Bertz CT molecular complexity index is 7660. The van der Waals surface area contributed by atoms with Crippen molar-refractivity contribution in [3.63, 3.8) is 0 Å².